The Morgan fingerprint density at radius 3 is 2.48 bits per heavy atom. The molecule has 2 aliphatic rings. The molecule has 2 fully saturated rings. The molecule has 4 nitrogen and oxygen atoms in total. The normalized spacial score (nSPS) is 19.7. The molecule has 1 aliphatic carbocycles. The second kappa shape index (κ2) is 8.15. The van der Waals surface area contributed by atoms with Gasteiger partial charge in [-0.05, 0) is 49.9 Å². The van der Waals surface area contributed by atoms with Crippen LogP contribution in [0.1, 0.15) is 38.2 Å². The molecule has 0 unspecified atom stereocenters. The van der Waals surface area contributed by atoms with Crippen molar-refractivity contribution in [1.29, 1.82) is 0 Å². The molecule has 0 atom stereocenters. The zero-order valence-corrected chi connectivity index (χ0v) is 14.8. The zero-order valence-electron chi connectivity index (χ0n) is 14.0. The number of carbonyl (C=O) groups excluding carboxylic acids is 1. The van der Waals surface area contributed by atoms with Crippen molar-refractivity contribution in [2.45, 2.75) is 50.4 Å². The van der Waals surface area contributed by atoms with Gasteiger partial charge in [-0.3, -0.25) is 9.78 Å². The molecule has 1 amide bonds. The monoisotopic (exact) mass is 333 g/mol. The molecule has 1 aromatic rings. The molecule has 0 aromatic carbocycles. The van der Waals surface area contributed by atoms with Gasteiger partial charge in [0.2, 0.25) is 5.91 Å². The highest BCUT2D eigenvalue weighted by atomic mass is 32.2. The molecular formula is C18H27N3OS. The standard InChI is InChI=1S/C18H27N3OS/c1-2-20-11-7-17(8-12-20)21(16-3-4-16)18(22)14-23-13-15-5-9-19-10-6-15/h5-6,9-10,16-17H,2-4,7-8,11-14H2,1H3. The topological polar surface area (TPSA) is 36.4 Å². The first-order chi connectivity index (χ1) is 11.3. The fourth-order valence-electron chi connectivity index (χ4n) is 3.38. The van der Waals surface area contributed by atoms with E-state index < -0.39 is 0 Å². The van der Waals surface area contributed by atoms with Gasteiger partial charge < -0.3 is 9.80 Å². The Morgan fingerprint density at radius 2 is 1.87 bits per heavy atom. The molecule has 5 heteroatoms. The van der Waals surface area contributed by atoms with Gasteiger partial charge in [0.15, 0.2) is 0 Å². The van der Waals surface area contributed by atoms with E-state index in [0.717, 1.165) is 38.2 Å². The maximum atomic E-state index is 12.7. The van der Waals surface area contributed by atoms with E-state index in [0.29, 0.717) is 23.7 Å². The Labute approximate surface area is 143 Å². The van der Waals surface area contributed by atoms with Gasteiger partial charge in [0.05, 0.1) is 5.75 Å². The van der Waals surface area contributed by atoms with E-state index in [1.165, 1.54) is 18.4 Å². The molecule has 1 aromatic heterocycles. The van der Waals surface area contributed by atoms with Gasteiger partial charge in [0.1, 0.15) is 0 Å². The average molecular weight is 334 g/mol. The molecule has 1 saturated heterocycles. The minimum atomic E-state index is 0.349. The highest BCUT2D eigenvalue weighted by Crippen LogP contribution is 2.32. The van der Waals surface area contributed by atoms with E-state index in [9.17, 15) is 4.79 Å². The third-order valence-electron chi connectivity index (χ3n) is 4.87. The Morgan fingerprint density at radius 1 is 1.22 bits per heavy atom. The quantitative estimate of drug-likeness (QED) is 0.769. The Kier molecular flexibility index (Phi) is 5.95. The second-order valence-corrected chi connectivity index (χ2v) is 7.53. The van der Waals surface area contributed by atoms with E-state index >= 15 is 0 Å². The lowest BCUT2D eigenvalue weighted by Crippen LogP contribution is -2.49. The van der Waals surface area contributed by atoms with Crippen molar-refractivity contribution in [3.8, 4) is 0 Å². The Balaban J connectivity index is 1.49. The van der Waals surface area contributed by atoms with Crippen LogP contribution in [0.4, 0.5) is 0 Å². The molecule has 126 valence electrons. The number of piperidine rings is 1. The first-order valence-electron chi connectivity index (χ1n) is 8.78. The maximum Gasteiger partial charge on any atom is 0.233 e. The summed E-state index contributed by atoms with van der Waals surface area (Å²) in [6, 6.07) is 5.05. The van der Waals surface area contributed by atoms with E-state index in [4.69, 9.17) is 0 Å². The van der Waals surface area contributed by atoms with Crippen molar-refractivity contribution in [3.63, 3.8) is 0 Å². The minimum Gasteiger partial charge on any atom is -0.336 e. The van der Waals surface area contributed by atoms with Gasteiger partial charge in [-0.1, -0.05) is 6.92 Å². The largest absolute Gasteiger partial charge is 0.336 e. The molecule has 0 radical (unpaired) electrons. The average Bonchev–Trinajstić information content (AvgIpc) is 3.41. The fraction of sp³-hybridized carbons (Fsp3) is 0.667. The van der Waals surface area contributed by atoms with Crippen LogP contribution in [0.25, 0.3) is 0 Å². The van der Waals surface area contributed by atoms with Gasteiger partial charge >= 0.3 is 0 Å². The van der Waals surface area contributed by atoms with Crippen LogP contribution in [-0.4, -0.2) is 58.2 Å². The van der Waals surface area contributed by atoms with Crippen molar-refractivity contribution in [1.82, 2.24) is 14.8 Å². The van der Waals surface area contributed by atoms with Gasteiger partial charge in [-0.15, -0.1) is 11.8 Å². The number of hydrogen-bond donors (Lipinski definition) is 0. The SMILES string of the molecule is CCN1CCC(N(C(=O)CSCc2ccncc2)C2CC2)CC1. The van der Waals surface area contributed by atoms with Gasteiger partial charge in [0.25, 0.3) is 0 Å². The molecule has 1 aliphatic heterocycles. The molecule has 0 bridgehead atoms. The summed E-state index contributed by atoms with van der Waals surface area (Å²) in [5.74, 6) is 1.84. The van der Waals surface area contributed by atoms with E-state index in [2.05, 4.69) is 21.7 Å². The molecule has 3 rings (SSSR count). The molecule has 2 heterocycles. The van der Waals surface area contributed by atoms with Crippen molar-refractivity contribution < 1.29 is 4.79 Å². The summed E-state index contributed by atoms with van der Waals surface area (Å²) in [5, 5.41) is 0. The number of thioether (sulfide) groups is 1. The van der Waals surface area contributed by atoms with Crippen LogP contribution in [-0.2, 0) is 10.5 Å². The van der Waals surface area contributed by atoms with Gasteiger partial charge in [-0.25, -0.2) is 0 Å². The summed E-state index contributed by atoms with van der Waals surface area (Å²) < 4.78 is 0. The fourth-order valence-corrected chi connectivity index (χ4v) is 4.24. The molecular weight excluding hydrogens is 306 g/mol. The smallest absolute Gasteiger partial charge is 0.233 e. The van der Waals surface area contributed by atoms with Crippen molar-refractivity contribution >= 4 is 17.7 Å². The number of amides is 1. The minimum absolute atomic E-state index is 0.349. The lowest BCUT2D eigenvalue weighted by Gasteiger charge is -2.38. The number of hydrogen-bond acceptors (Lipinski definition) is 4. The highest BCUT2D eigenvalue weighted by Gasteiger charge is 2.38. The molecule has 0 N–H and O–H groups in total. The van der Waals surface area contributed by atoms with Crippen LogP contribution < -0.4 is 0 Å². The van der Waals surface area contributed by atoms with Crippen molar-refractivity contribution in [2.24, 2.45) is 0 Å². The predicted molar refractivity (Wildman–Crippen MR) is 95.4 cm³/mol. The van der Waals surface area contributed by atoms with Gasteiger partial charge in [0, 0.05) is 43.3 Å². The lowest BCUT2D eigenvalue weighted by atomic mass is 10.0. The van der Waals surface area contributed by atoms with E-state index in [1.54, 1.807) is 11.8 Å². The van der Waals surface area contributed by atoms with E-state index in [1.807, 2.05) is 24.5 Å². The predicted octanol–water partition coefficient (Wildman–Crippen LogP) is 2.79. The highest BCUT2D eigenvalue weighted by molar-refractivity contribution is 7.99. The number of aromatic nitrogens is 1. The van der Waals surface area contributed by atoms with Crippen LogP contribution in [0.3, 0.4) is 0 Å². The number of rotatable bonds is 7. The van der Waals surface area contributed by atoms with Crippen LogP contribution in [0.2, 0.25) is 0 Å². The molecule has 1 saturated carbocycles. The number of nitrogens with zero attached hydrogens (tertiary/aromatic N) is 3. The number of carbonyl (C=O) groups is 1. The third-order valence-corrected chi connectivity index (χ3v) is 5.86. The van der Waals surface area contributed by atoms with E-state index in [-0.39, 0.29) is 0 Å². The van der Waals surface area contributed by atoms with Gasteiger partial charge in [-0.2, -0.15) is 0 Å². The first-order valence-corrected chi connectivity index (χ1v) is 9.93. The van der Waals surface area contributed by atoms with Crippen LogP contribution in [0.15, 0.2) is 24.5 Å². The summed E-state index contributed by atoms with van der Waals surface area (Å²) in [7, 11) is 0. The Hall–Kier alpha value is -1.07. The Bertz CT molecular complexity index is 498. The van der Waals surface area contributed by atoms with Crippen LogP contribution in [0, 0.1) is 0 Å². The van der Waals surface area contributed by atoms with Crippen molar-refractivity contribution in [2.75, 3.05) is 25.4 Å². The van der Waals surface area contributed by atoms with Crippen molar-refractivity contribution in [3.05, 3.63) is 30.1 Å². The van der Waals surface area contributed by atoms with Crippen LogP contribution in [0.5, 0.6) is 0 Å². The summed E-state index contributed by atoms with van der Waals surface area (Å²) in [5.41, 5.74) is 1.24. The maximum absolute atomic E-state index is 12.7. The lowest BCUT2D eigenvalue weighted by molar-refractivity contribution is -0.132. The third kappa shape index (κ3) is 4.70. The van der Waals surface area contributed by atoms with Crippen LogP contribution >= 0.6 is 11.8 Å². The number of likely N-dealkylation sites (tertiary alicyclic amines) is 1. The zero-order chi connectivity index (χ0) is 16.1. The first kappa shape index (κ1) is 16.8. The summed E-state index contributed by atoms with van der Waals surface area (Å²) in [4.78, 5) is 21.5. The molecule has 0 spiro atoms. The number of pyridine rings is 1. The summed E-state index contributed by atoms with van der Waals surface area (Å²) in [6.45, 7) is 5.63. The summed E-state index contributed by atoms with van der Waals surface area (Å²) >= 11 is 1.73. The summed E-state index contributed by atoms with van der Waals surface area (Å²) in [6.07, 6.45) is 8.32. The molecule has 23 heavy (non-hydrogen) atoms. The second-order valence-electron chi connectivity index (χ2n) is 6.55.